The number of hydrogen-bond donors (Lipinski definition) is 1. The van der Waals surface area contributed by atoms with Crippen LogP contribution in [0, 0.1) is 0 Å². The molecular formula is C72H80N4O20. The van der Waals surface area contributed by atoms with Gasteiger partial charge in [0.05, 0.1) is 71.1 Å². The summed E-state index contributed by atoms with van der Waals surface area (Å²) < 4.78 is 105. The van der Waals surface area contributed by atoms with Crippen LogP contribution in [0.3, 0.4) is 0 Å². The molecule has 0 spiro atoms. The lowest BCUT2D eigenvalue weighted by molar-refractivity contribution is -0.373. The zero-order valence-electron chi connectivity index (χ0n) is 53.8. The van der Waals surface area contributed by atoms with Crippen LogP contribution in [-0.4, -0.2) is 161 Å². The average molecular weight is 1320 g/mol. The number of alkyl carbamates (subject to hydrolysis) is 1. The number of azide groups is 1. The molecule has 0 saturated carbocycles. The molecule has 24 heteroatoms. The number of ether oxygens (including phenoxy) is 16. The molecule has 1 amide bonds. The van der Waals surface area contributed by atoms with Gasteiger partial charge in [0.15, 0.2) is 43.3 Å². The van der Waals surface area contributed by atoms with Gasteiger partial charge in [0, 0.05) is 4.91 Å². The number of fused-ring (bicyclic) bond motifs is 1. The second kappa shape index (κ2) is 33.7. The summed E-state index contributed by atoms with van der Waals surface area (Å²) in [6, 6.07) is 52.9. The largest absolute Gasteiger partial charge is 0.467 e. The van der Waals surface area contributed by atoms with E-state index in [4.69, 9.17) is 75.8 Å². The lowest BCUT2D eigenvalue weighted by atomic mass is 9.92. The number of esters is 3. The summed E-state index contributed by atoms with van der Waals surface area (Å²) in [5.74, 6) is -2.43. The Bertz CT molecular complexity index is 3480. The van der Waals surface area contributed by atoms with Crippen molar-refractivity contribution in [3.63, 3.8) is 0 Å². The van der Waals surface area contributed by atoms with Gasteiger partial charge in [-0.3, -0.25) is 0 Å². The van der Waals surface area contributed by atoms with Crippen LogP contribution in [0.5, 0.6) is 0 Å². The second-order valence-corrected chi connectivity index (χ2v) is 23.7. The van der Waals surface area contributed by atoms with Crippen molar-refractivity contribution in [3.05, 3.63) is 226 Å². The molecule has 96 heavy (non-hydrogen) atoms. The van der Waals surface area contributed by atoms with E-state index in [9.17, 15) is 24.7 Å². The Morgan fingerprint density at radius 2 is 0.865 bits per heavy atom. The summed E-state index contributed by atoms with van der Waals surface area (Å²) in [4.78, 5) is 59.8. The molecule has 0 aromatic heterocycles. The predicted octanol–water partition coefficient (Wildman–Crippen LogP) is 9.58. The van der Waals surface area contributed by atoms with Gasteiger partial charge in [-0.05, 0) is 65.2 Å². The molecule has 24 nitrogen and oxygen atoms in total. The first kappa shape index (κ1) is 69.2. The van der Waals surface area contributed by atoms with Gasteiger partial charge < -0.3 is 81.1 Å². The van der Waals surface area contributed by atoms with Gasteiger partial charge in [-0.25, -0.2) is 19.2 Å². The van der Waals surface area contributed by atoms with E-state index >= 15 is 0 Å². The lowest BCUT2D eigenvalue weighted by Crippen LogP contribution is -2.68. The molecule has 0 bridgehead atoms. The Balaban J connectivity index is 0.939. The van der Waals surface area contributed by atoms with E-state index in [-0.39, 0.29) is 45.0 Å². The fraction of sp³-hybridized carbons (Fsp3) is 0.444. The average Bonchev–Trinajstić information content (AvgIpc) is 1.53. The van der Waals surface area contributed by atoms with E-state index in [0.717, 1.165) is 27.8 Å². The molecule has 508 valence electrons. The molecule has 5 aliphatic heterocycles. The van der Waals surface area contributed by atoms with Crippen molar-refractivity contribution >= 4 is 24.0 Å². The zero-order chi connectivity index (χ0) is 66.9. The fourth-order valence-corrected chi connectivity index (χ4v) is 12.6. The molecule has 6 aromatic carbocycles. The third-order valence-electron chi connectivity index (χ3n) is 17.5. The van der Waals surface area contributed by atoms with Crippen molar-refractivity contribution in [2.45, 2.75) is 189 Å². The van der Waals surface area contributed by atoms with Gasteiger partial charge in [-0.1, -0.05) is 189 Å². The Morgan fingerprint density at radius 3 is 1.33 bits per heavy atom. The molecule has 20 atom stereocenters. The maximum atomic E-state index is 14.7. The van der Waals surface area contributed by atoms with Gasteiger partial charge in [-0.15, -0.1) is 0 Å². The van der Waals surface area contributed by atoms with Gasteiger partial charge in [0.2, 0.25) is 0 Å². The zero-order valence-corrected chi connectivity index (χ0v) is 53.8. The minimum Gasteiger partial charge on any atom is -0.467 e. The van der Waals surface area contributed by atoms with Gasteiger partial charge >= 0.3 is 24.0 Å². The highest BCUT2D eigenvalue weighted by Gasteiger charge is 2.61. The third-order valence-corrected chi connectivity index (χ3v) is 17.5. The van der Waals surface area contributed by atoms with Crippen molar-refractivity contribution in [2.75, 3.05) is 14.2 Å². The summed E-state index contributed by atoms with van der Waals surface area (Å²) in [7, 11) is 2.39. The van der Waals surface area contributed by atoms with Crippen LogP contribution >= 0.6 is 0 Å². The van der Waals surface area contributed by atoms with Crippen LogP contribution in [-0.2, 0) is 118 Å². The van der Waals surface area contributed by atoms with E-state index in [0.29, 0.717) is 6.42 Å². The van der Waals surface area contributed by atoms with Crippen molar-refractivity contribution < 1.29 is 95.0 Å². The summed E-state index contributed by atoms with van der Waals surface area (Å²) in [6.45, 7) is 5.50. The first-order chi connectivity index (χ1) is 46.9. The van der Waals surface area contributed by atoms with Crippen LogP contribution in [0.4, 0.5) is 4.79 Å². The highest BCUT2D eigenvalue weighted by atomic mass is 16.8. The van der Waals surface area contributed by atoms with E-state index < -0.39 is 147 Å². The quantitative estimate of drug-likeness (QED) is 0.0157. The molecule has 5 fully saturated rings. The summed E-state index contributed by atoms with van der Waals surface area (Å²) in [5, 5.41) is 7.14. The molecule has 11 rings (SSSR count). The molecule has 5 saturated heterocycles. The molecule has 5 aliphatic rings. The van der Waals surface area contributed by atoms with Gasteiger partial charge in [-0.2, -0.15) is 0 Å². The van der Waals surface area contributed by atoms with Crippen LogP contribution in [0.25, 0.3) is 10.4 Å². The topological polar surface area (TPSA) is 277 Å². The maximum absolute atomic E-state index is 14.7. The molecule has 0 radical (unpaired) electrons. The van der Waals surface area contributed by atoms with Crippen molar-refractivity contribution in [1.29, 1.82) is 0 Å². The van der Waals surface area contributed by atoms with E-state index in [1.807, 2.05) is 166 Å². The number of amides is 1. The minimum absolute atomic E-state index is 0.0185. The first-order valence-electron chi connectivity index (χ1n) is 32.2. The monoisotopic (exact) mass is 1320 g/mol. The number of benzene rings is 6. The van der Waals surface area contributed by atoms with Crippen molar-refractivity contribution in [2.24, 2.45) is 5.11 Å². The fourth-order valence-electron chi connectivity index (χ4n) is 12.6. The number of rotatable bonds is 28. The number of nitrogens with one attached hydrogen (secondary N) is 1. The Hall–Kier alpha value is -8.17. The van der Waals surface area contributed by atoms with Crippen molar-refractivity contribution in [3.8, 4) is 0 Å². The third kappa shape index (κ3) is 16.8. The predicted molar refractivity (Wildman–Crippen MR) is 340 cm³/mol. The normalized spacial score (nSPS) is 30.9. The summed E-state index contributed by atoms with van der Waals surface area (Å²) >= 11 is 0. The number of methoxy groups -OCH3 is 2. The molecule has 0 aliphatic carbocycles. The van der Waals surface area contributed by atoms with E-state index in [1.54, 1.807) is 37.3 Å². The van der Waals surface area contributed by atoms with Crippen LogP contribution in [0.15, 0.2) is 187 Å². The number of hydrogen-bond acceptors (Lipinski definition) is 21. The minimum atomic E-state index is -1.70. The van der Waals surface area contributed by atoms with Crippen LogP contribution in [0.1, 0.15) is 71.8 Å². The number of carbonyl (C=O) groups is 4. The molecular weight excluding hydrogens is 1240 g/mol. The number of nitrogens with zero attached hydrogens (tertiary/aromatic N) is 3. The SMILES string of the molecule is CCC1O[C@@H](O[C@@H]2C(C(=O)OC)O[C@H](C)C(OC(=O)c3ccccc3)[C@@H]2OCc2ccccc2)[C@H]2NC(=O)OC2[C@@H]1O[C@@H]1OC(C(=O)OC)[C@@H](O[C@H]2OC(CC)[C@H](OCc3ccccc3)[C@@H](OCc3ccccc3)C2N=[N+]=[N-])[C@@H](OCc2ccccc2)C1OCc1ccccc1. The second-order valence-electron chi connectivity index (χ2n) is 23.7. The summed E-state index contributed by atoms with van der Waals surface area (Å²) in [5.41, 5.74) is 14.6. The molecule has 5 heterocycles. The van der Waals surface area contributed by atoms with Gasteiger partial charge in [0.25, 0.3) is 0 Å². The van der Waals surface area contributed by atoms with Crippen molar-refractivity contribution in [1.82, 2.24) is 5.32 Å². The summed E-state index contributed by atoms with van der Waals surface area (Å²) in [6.07, 6.45) is -23.0. The molecule has 8 unspecified atom stereocenters. The lowest BCUT2D eigenvalue weighted by Gasteiger charge is -2.50. The highest BCUT2D eigenvalue weighted by Crippen LogP contribution is 2.41. The Morgan fingerprint density at radius 1 is 0.469 bits per heavy atom. The Kier molecular flexibility index (Phi) is 24.3. The van der Waals surface area contributed by atoms with Gasteiger partial charge in [0.1, 0.15) is 60.9 Å². The maximum Gasteiger partial charge on any atom is 0.408 e. The number of carbonyl (C=O) groups excluding carboxylic acids is 4. The van der Waals surface area contributed by atoms with E-state index in [2.05, 4.69) is 15.3 Å². The highest BCUT2D eigenvalue weighted by molar-refractivity contribution is 5.89. The van der Waals surface area contributed by atoms with E-state index in [1.165, 1.54) is 14.2 Å². The Labute approximate surface area is 556 Å². The standard InChI is InChI=1S/C72H80N4O20/c1-6-50-55(83-38-44-26-14-8-15-27-44)57(84-39-45-28-16-9-17-29-45)53(75-76-73)70(89-50)94-62-60(86-41-47-32-20-11-21-33-47)65(87-42-48-34-22-12-23-35-48)71(95-64(62)68(79)82-5)92-56-51(7-2)90-69(52-58(56)96-72(80)74-52)93-61-59(85-40-46-30-18-10-19-31-46)54(43(3)88-63(61)67(78)81-4)91-66(77)49-36-24-13-25-37-49/h8-37,43,50-65,69-71H,6-7,38-42H2,1-5H3,(H,74,80)/t43-,50?,51?,52+,53?,54?,55+,56-,57+,58?,59+,60-,61+,62+,63?,64?,65?,69+,70-,71-/m1/s1. The van der Waals surface area contributed by atoms with Crippen LogP contribution < -0.4 is 5.32 Å². The smallest absolute Gasteiger partial charge is 0.408 e. The first-order valence-corrected chi connectivity index (χ1v) is 32.2. The molecule has 1 N–H and O–H groups in total. The molecule has 6 aromatic rings. The van der Waals surface area contributed by atoms with Crippen LogP contribution in [0.2, 0.25) is 0 Å².